The lowest BCUT2D eigenvalue weighted by Crippen LogP contribution is -2.35. The van der Waals surface area contributed by atoms with E-state index in [-0.39, 0.29) is 11.6 Å². The molecule has 1 fully saturated rings. The van der Waals surface area contributed by atoms with Gasteiger partial charge in [-0.1, -0.05) is 18.2 Å². The maximum Gasteiger partial charge on any atom is 0.337 e. The minimum Gasteiger partial charge on any atom is -0.465 e. The van der Waals surface area contributed by atoms with Gasteiger partial charge in [0.1, 0.15) is 5.69 Å². The largest absolute Gasteiger partial charge is 0.465 e. The van der Waals surface area contributed by atoms with E-state index in [1.165, 1.54) is 7.11 Å². The number of aromatic nitrogens is 3. The lowest BCUT2D eigenvalue weighted by atomic mass is 10.0. The molecule has 1 saturated heterocycles. The summed E-state index contributed by atoms with van der Waals surface area (Å²) in [6, 6.07) is 13.4. The van der Waals surface area contributed by atoms with Crippen LogP contribution in [0, 0.1) is 0 Å². The predicted molar refractivity (Wildman–Crippen MR) is 125 cm³/mol. The van der Waals surface area contributed by atoms with Gasteiger partial charge in [-0.15, -0.1) is 0 Å². The number of fused-ring (bicyclic) bond motifs is 2. The zero-order chi connectivity index (χ0) is 22.2. The maximum absolute atomic E-state index is 13.9. The molecule has 0 saturated carbocycles. The van der Waals surface area contributed by atoms with Gasteiger partial charge in [0.05, 0.1) is 23.7 Å². The second kappa shape index (κ2) is 8.24. The SMILES string of the molecule is CCn1cc(-c2nc3ccc(C(=O)OC)cc3n(C3CCNCC3)c2=O)c2ccccc21. The van der Waals surface area contributed by atoms with Crippen molar-refractivity contribution in [1.29, 1.82) is 0 Å². The Hall–Kier alpha value is -3.45. The fraction of sp³-hybridized carbons (Fsp3) is 0.320. The van der Waals surface area contributed by atoms with Gasteiger partial charge in [0.15, 0.2) is 0 Å². The van der Waals surface area contributed by atoms with Crippen molar-refractivity contribution in [1.82, 2.24) is 19.4 Å². The van der Waals surface area contributed by atoms with Crippen molar-refractivity contribution in [2.24, 2.45) is 0 Å². The first-order valence-electron chi connectivity index (χ1n) is 11.1. The summed E-state index contributed by atoms with van der Waals surface area (Å²) in [5, 5.41) is 4.38. The number of carbonyl (C=O) groups excluding carboxylic acids is 1. The summed E-state index contributed by atoms with van der Waals surface area (Å²) in [6.07, 6.45) is 3.71. The Bertz CT molecular complexity index is 1380. The Morgan fingerprint density at radius 3 is 2.69 bits per heavy atom. The van der Waals surface area contributed by atoms with Gasteiger partial charge in [-0.25, -0.2) is 9.78 Å². The van der Waals surface area contributed by atoms with Gasteiger partial charge in [-0.2, -0.15) is 0 Å². The van der Waals surface area contributed by atoms with Crippen LogP contribution in [0.2, 0.25) is 0 Å². The van der Waals surface area contributed by atoms with E-state index < -0.39 is 5.97 Å². The van der Waals surface area contributed by atoms with Crippen LogP contribution in [0.25, 0.3) is 33.2 Å². The minimum absolute atomic E-state index is 0.0421. The standard InChI is InChI=1S/C25H26N4O3/c1-3-28-15-19(18-6-4-5-7-21(18)28)23-24(30)29(17-10-12-26-13-11-17)22-14-16(25(31)32-2)8-9-20(22)27-23/h4-9,14-15,17,26H,3,10-13H2,1-2H3. The van der Waals surface area contributed by atoms with E-state index in [4.69, 9.17) is 9.72 Å². The van der Waals surface area contributed by atoms with E-state index in [1.54, 1.807) is 18.2 Å². The second-order valence-electron chi connectivity index (χ2n) is 8.16. The van der Waals surface area contributed by atoms with Crippen LogP contribution in [0.4, 0.5) is 0 Å². The van der Waals surface area contributed by atoms with Crippen molar-refractivity contribution < 1.29 is 9.53 Å². The van der Waals surface area contributed by atoms with Crippen LogP contribution in [0.3, 0.4) is 0 Å². The number of ether oxygens (including phenoxy) is 1. The molecular weight excluding hydrogens is 404 g/mol. The molecule has 4 aromatic rings. The van der Waals surface area contributed by atoms with Gasteiger partial charge in [-0.05, 0) is 57.1 Å². The van der Waals surface area contributed by atoms with Crippen LogP contribution in [0.15, 0.2) is 53.5 Å². The molecule has 5 rings (SSSR count). The average Bonchev–Trinajstić information content (AvgIpc) is 3.22. The maximum atomic E-state index is 13.9. The van der Waals surface area contributed by atoms with Crippen molar-refractivity contribution in [3.8, 4) is 11.3 Å². The first-order chi connectivity index (χ1) is 15.6. The molecule has 1 N–H and O–H groups in total. The lowest BCUT2D eigenvalue weighted by molar-refractivity contribution is 0.0601. The molecule has 32 heavy (non-hydrogen) atoms. The van der Waals surface area contributed by atoms with Gasteiger partial charge in [0.2, 0.25) is 0 Å². The van der Waals surface area contributed by atoms with E-state index in [9.17, 15) is 9.59 Å². The lowest BCUT2D eigenvalue weighted by Gasteiger charge is -2.26. The number of methoxy groups -OCH3 is 1. The van der Waals surface area contributed by atoms with Crippen LogP contribution in [0.5, 0.6) is 0 Å². The normalized spacial score (nSPS) is 14.8. The first-order valence-corrected chi connectivity index (χ1v) is 11.1. The molecule has 0 aliphatic carbocycles. The average molecular weight is 431 g/mol. The summed E-state index contributed by atoms with van der Waals surface area (Å²) in [5.41, 5.74) is 4.04. The Morgan fingerprint density at radius 2 is 1.94 bits per heavy atom. The van der Waals surface area contributed by atoms with Crippen LogP contribution >= 0.6 is 0 Å². The van der Waals surface area contributed by atoms with Crippen molar-refractivity contribution in [2.75, 3.05) is 20.2 Å². The highest BCUT2D eigenvalue weighted by atomic mass is 16.5. The topological polar surface area (TPSA) is 78.2 Å². The number of nitrogens with one attached hydrogen (secondary N) is 1. The summed E-state index contributed by atoms with van der Waals surface area (Å²) in [6.45, 7) is 4.59. The molecule has 1 aliphatic rings. The van der Waals surface area contributed by atoms with Gasteiger partial charge >= 0.3 is 5.97 Å². The minimum atomic E-state index is -0.425. The van der Waals surface area contributed by atoms with Crippen LogP contribution in [0.1, 0.15) is 36.2 Å². The quantitative estimate of drug-likeness (QED) is 0.499. The number of benzene rings is 2. The molecule has 0 unspecified atom stereocenters. The fourth-order valence-corrected chi connectivity index (χ4v) is 4.75. The summed E-state index contributed by atoms with van der Waals surface area (Å²) in [7, 11) is 1.36. The summed E-state index contributed by atoms with van der Waals surface area (Å²) < 4.78 is 8.89. The smallest absolute Gasteiger partial charge is 0.337 e. The highest BCUT2D eigenvalue weighted by Crippen LogP contribution is 2.30. The number of rotatable bonds is 4. The third-order valence-corrected chi connectivity index (χ3v) is 6.37. The number of hydrogen-bond donors (Lipinski definition) is 1. The Labute approximate surface area is 185 Å². The second-order valence-corrected chi connectivity index (χ2v) is 8.16. The Balaban J connectivity index is 1.81. The highest BCUT2D eigenvalue weighted by Gasteiger charge is 2.24. The number of carbonyl (C=O) groups is 1. The molecular formula is C25H26N4O3. The molecule has 2 aromatic heterocycles. The predicted octanol–water partition coefficient (Wildman–Crippen LogP) is 3.75. The molecule has 164 valence electrons. The highest BCUT2D eigenvalue weighted by molar-refractivity contribution is 5.97. The molecule has 7 nitrogen and oxygen atoms in total. The summed E-state index contributed by atoms with van der Waals surface area (Å²) in [4.78, 5) is 30.9. The Kier molecular flexibility index (Phi) is 5.27. The zero-order valence-electron chi connectivity index (χ0n) is 18.3. The molecule has 0 spiro atoms. The number of hydrogen-bond acceptors (Lipinski definition) is 5. The molecule has 1 aliphatic heterocycles. The van der Waals surface area contributed by atoms with Crippen LogP contribution < -0.4 is 10.9 Å². The van der Waals surface area contributed by atoms with E-state index in [0.29, 0.717) is 22.3 Å². The first kappa shape index (κ1) is 20.5. The molecule has 0 atom stereocenters. The van der Waals surface area contributed by atoms with Gasteiger partial charge in [0.25, 0.3) is 5.56 Å². The molecule has 7 heteroatoms. The van der Waals surface area contributed by atoms with E-state index in [0.717, 1.165) is 48.9 Å². The molecule has 0 radical (unpaired) electrons. The number of para-hydroxylation sites is 1. The van der Waals surface area contributed by atoms with Gasteiger partial charge < -0.3 is 19.2 Å². The van der Waals surface area contributed by atoms with E-state index in [1.807, 2.05) is 29.0 Å². The summed E-state index contributed by atoms with van der Waals surface area (Å²) in [5.74, 6) is -0.425. The molecule has 2 aromatic carbocycles. The van der Waals surface area contributed by atoms with Gasteiger partial charge in [-0.3, -0.25) is 4.79 Å². The van der Waals surface area contributed by atoms with Crippen molar-refractivity contribution in [2.45, 2.75) is 32.4 Å². The number of piperidine rings is 1. The number of nitrogens with zero attached hydrogens (tertiary/aromatic N) is 3. The van der Waals surface area contributed by atoms with Crippen molar-refractivity contribution in [3.05, 3.63) is 64.6 Å². The van der Waals surface area contributed by atoms with E-state index in [2.05, 4.69) is 22.9 Å². The van der Waals surface area contributed by atoms with Crippen LogP contribution in [-0.2, 0) is 11.3 Å². The molecule has 0 bridgehead atoms. The summed E-state index contributed by atoms with van der Waals surface area (Å²) >= 11 is 0. The monoisotopic (exact) mass is 430 g/mol. The fourth-order valence-electron chi connectivity index (χ4n) is 4.75. The molecule has 3 heterocycles. The number of aryl methyl sites for hydroxylation is 1. The zero-order valence-corrected chi connectivity index (χ0v) is 18.3. The van der Waals surface area contributed by atoms with E-state index >= 15 is 0 Å². The van der Waals surface area contributed by atoms with Crippen LogP contribution in [-0.4, -0.2) is 40.3 Å². The number of esters is 1. The Morgan fingerprint density at radius 1 is 1.16 bits per heavy atom. The van der Waals surface area contributed by atoms with Crippen molar-refractivity contribution in [3.63, 3.8) is 0 Å². The third-order valence-electron chi connectivity index (χ3n) is 6.37. The molecule has 0 amide bonds. The van der Waals surface area contributed by atoms with Gasteiger partial charge in [0, 0.05) is 35.2 Å². The third kappa shape index (κ3) is 3.29. The van der Waals surface area contributed by atoms with Crippen molar-refractivity contribution >= 4 is 27.9 Å².